The molecule has 4 unspecified atom stereocenters. The third-order valence-corrected chi connectivity index (χ3v) is 6.83. The molecule has 0 saturated carbocycles. The Balaban J connectivity index is 2.12. The molecule has 0 aliphatic carbocycles. The van der Waals surface area contributed by atoms with Gasteiger partial charge in [0, 0.05) is 0 Å². The maximum atomic E-state index is 2.40. The highest BCUT2D eigenvalue weighted by atomic mass is 31.1. The minimum absolute atomic E-state index is 0.806. The van der Waals surface area contributed by atoms with Gasteiger partial charge in [0.15, 0.2) is 0 Å². The average Bonchev–Trinajstić information content (AvgIpc) is 2.82. The maximum absolute atomic E-state index is 2.40. The van der Waals surface area contributed by atoms with Crippen LogP contribution in [0.25, 0.3) is 0 Å². The lowest BCUT2D eigenvalue weighted by Crippen LogP contribution is -2.12. The van der Waals surface area contributed by atoms with Gasteiger partial charge in [0.05, 0.1) is 0 Å². The Labute approximate surface area is 121 Å². The van der Waals surface area contributed by atoms with E-state index in [-0.39, 0.29) is 0 Å². The van der Waals surface area contributed by atoms with Gasteiger partial charge in [0.2, 0.25) is 0 Å². The van der Waals surface area contributed by atoms with Crippen LogP contribution in [0.15, 0.2) is 18.2 Å². The van der Waals surface area contributed by atoms with Gasteiger partial charge in [0.25, 0.3) is 0 Å². The molecule has 19 heavy (non-hydrogen) atoms. The molecule has 2 rings (SSSR count). The van der Waals surface area contributed by atoms with Crippen LogP contribution in [-0.4, -0.2) is 11.3 Å². The fraction of sp³-hybridized carbons (Fsp3) is 0.667. The summed E-state index contributed by atoms with van der Waals surface area (Å²) in [5, 5.41) is 0. The van der Waals surface area contributed by atoms with Crippen LogP contribution >= 0.6 is 8.58 Å². The van der Waals surface area contributed by atoms with Crippen molar-refractivity contribution in [2.24, 2.45) is 0 Å². The Kier molecular flexibility index (Phi) is 5.46. The van der Waals surface area contributed by atoms with Crippen molar-refractivity contribution in [1.82, 2.24) is 0 Å². The largest absolute Gasteiger partial charge is 0.115 e. The molecule has 0 amide bonds. The highest BCUT2D eigenvalue weighted by Crippen LogP contribution is 2.49. The molecule has 1 saturated heterocycles. The number of aryl methyl sites for hydroxylation is 2. The van der Waals surface area contributed by atoms with Crippen LogP contribution in [0.4, 0.5) is 0 Å². The molecule has 1 aromatic carbocycles. The predicted octanol–water partition coefficient (Wildman–Crippen LogP) is 5.81. The van der Waals surface area contributed by atoms with Gasteiger partial charge in [-0.2, -0.15) is 0 Å². The predicted molar refractivity (Wildman–Crippen MR) is 89.0 cm³/mol. The van der Waals surface area contributed by atoms with Gasteiger partial charge < -0.3 is 0 Å². The quantitative estimate of drug-likeness (QED) is 0.596. The summed E-state index contributed by atoms with van der Waals surface area (Å²) in [6.45, 7) is 9.21. The van der Waals surface area contributed by atoms with Crippen LogP contribution < -0.4 is 0 Å². The van der Waals surface area contributed by atoms with Crippen LogP contribution in [0.2, 0.25) is 0 Å². The Hall–Kier alpha value is -0.350. The smallest absolute Gasteiger partial charge is 0.00965 e. The molecular formula is C18H29P. The second-order valence-corrected chi connectivity index (χ2v) is 8.10. The van der Waals surface area contributed by atoms with E-state index in [1.165, 1.54) is 51.8 Å². The molecular weight excluding hydrogens is 247 g/mol. The molecule has 1 heteroatoms. The van der Waals surface area contributed by atoms with Crippen molar-refractivity contribution in [2.75, 3.05) is 0 Å². The number of hydrogen-bond donors (Lipinski definition) is 0. The number of benzene rings is 1. The zero-order valence-corrected chi connectivity index (χ0v) is 14.0. The molecule has 0 N–H and O–H groups in total. The van der Waals surface area contributed by atoms with Crippen molar-refractivity contribution < 1.29 is 0 Å². The van der Waals surface area contributed by atoms with Gasteiger partial charge in [-0.15, -0.1) is 8.58 Å². The summed E-state index contributed by atoms with van der Waals surface area (Å²) >= 11 is 0. The second kappa shape index (κ2) is 6.89. The summed E-state index contributed by atoms with van der Waals surface area (Å²) in [5.74, 6) is 0.806. The first-order chi connectivity index (χ1) is 9.15. The third kappa shape index (κ3) is 3.60. The lowest BCUT2D eigenvalue weighted by atomic mass is 9.87. The molecule has 0 bridgehead atoms. The first kappa shape index (κ1) is 15.0. The number of rotatable bonds is 5. The fourth-order valence-electron chi connectivity index (χ4n) is 3.71. The van der Waals surface area contributed by atoms with Crippen molar-refractivity contribution in [3.05, 3.63) is 34.9 Å². The van der Waals surface area contributed by atoms with Crippen LogP contribution in [0, 0.1) is 13.8 Å². The van der Waals surface area contributed by atoms with E-state index in [2.05, 4.69) is 45.9 Å². The van der Waals surface area contributed by atoms with Crippen molar-refractivity contribution in [3.8, 4) is 0 Å². The van der Waals surface area contributed by atoms with Crippen LogP contribution in [0.3, 0.4) is 0 Å². The molecule has 1 aliphatic heterocycles. The highest BCUT2D eigenvalue weighted by molar-refractivity contribution is 7.40. The average molecular weight is 276 g/mol. The minimum Gasteiger partial charge on any atom is -0.115 e. The van der Waals surface area contributed by atoms with Crippen LogP contribution in [0.1, 0.15) is 68.6 Å². The van der Waals surface area contributed by atoms with E-state index in [9.17, 15) is 0 Å². The maximum Gasteiger partial charge on any atom is -0.00965 e. The summed E-state index contributed by atoms with van der Waals surface area (Å²) in [5.41, 5.74) is 6.53. The van der Waals surface area contributed by atoms with Crippen LogP contribution in [-0.2, 0) is 0 Å². The van der Waals surface area contributed by atoms with Crippen molar-refractivity contribution in [1.29, 1.82) is 0 Å². The summed E-state index contributed by atoms with van der Waals surface area (Å²) in [6.07, 6.45) is 7.08. The molecule has 1 heterocycles. The highest BCUT2D eigenvalue weighted by Gasteiger charge is 2.30. The first-order valence-corrected chi connectivity index (χ1v) is 9.14. The SMILES string of the molecule is CCCC1CCC(C(CC)c2ccc(C)cc2C)P1. The van der Waals surface area contributed by atoms with Gasteiger partial charge in [-0.05, 0) is 67.9 Å². The van der Waals surface area contributed by atoms with E-state index in [1.807, 2.05) is 0 Å². The van der Waals surface area contributed by atoms with E-state index in [0.29, 0.717) is 0 Å². The van der Waals surface area contributed by atoms with Gasteiger partial charge in [-0.1, -0.05) is 44.0 Å². The standard InChI is InChI=1S/C18H29P/c1-5-7-15-9-11-18(19-15)16(6-2)17-10-8-13(3)12-14(17)4/h8,10,12,15-16,18-19H,5-7,9,11H2,1-4H3. The summed E-state index contributed by atoms with van der Waals surface area (Å²) in [7, 11) is 1.20. The molecule has 0 spiro atoms. The van der Waals surface area contributed by atoms with Crippen molar-refractivity contribution in [3.63, 3.8) is 0 Å². The Bertz CT molecular complexity index is 410. The molecule has 106 valence electrons. The molecule has 1 aliphatic rings. The van der Waals surface area contributed by atoms with Crippen molar-refractivity contribution in [2.45, 2.75) is 77.0 Å². The zero-order chi connectivity index (χ0) is 13.8. The summed E-state index contributed by atoms with van der Waals surface area (Å²) in [6, 6.07) is 7.06. The van der Waals surface area contributed by atoms with E-state index in [1.54, 1.807) is 5.56 Å². The Morgan fingerprint density at radius 3 is 2.63 bits per heavy atom. The van der Waals surface area contributed by atoms with Gasteiger partial charge in [0.1, 0.15) is 0 Å². The molecule has 0 aromatic heterocycles. The molecule has 0 radical (unpaired) electrons. The second-order valence-electron chi connectivity index (χ2n) is 6.21. The lowest BCUT2D eigenvalue weighted by Gasteiger charge is -2.25. The monoisotopic (exact) mass is 276 g/mol. The Morgan fingerprint density at radius 2 is 2.00 bits per heavy atom. The fourth-order valence-corrected chi connectivity index (χ4v) is 6.08. The van der Waals surface area contributed by atoms with Gasteiger partial charge in [-0.25, -0.2) is 0 Å². The molecule has 4 atom stereocenters. The van der Waals surface area contributed by atoms with E-state index < -0.39 is 0 Å². The Morgan fingerprint density at radius 1 is 1.21 bits per heavy atom. The first-order valence-electron chi connectivity index (χ1n) is 7.98. The van der Waals surface area contributed by atoms with Crippen molar-refractivity contribution >= 4 is 8.58 Å². The molecule has 0 nitrogen and oxygen atoms in total. The van der Waals surface area contributed by atoms with E-state index in [0.717, 1.165) is 17.2 Å². The lowest BCUT2D eigenvalue weighted by molar-refractivity contribution is 0.585. The molecule has 1 aromatic rings. The van der Waals surface area contributed by atoms with Gasteiger partial charge >= 0.3 is 0 Å². The number of hydrogen-bond acceptors (Lipinski definition) is 0. The third-order valence-electron chi connectivity index (χ3n) is 4.66. The normalized spacial score (nSPS) is 25.9. The zero-order valence-electron chi connectivity index (χ0n) is 13.0. The topological polar surface area (TPSA) is 0 Å². The minimum atomic E-state index is 0.806. The van der Waals surface area contributed by atoms with E-state index in [4.69, 9.17) is 0 Å². The summed E-state index contributed by atoms with van der Waals surface area (Å²) in [4.78, 5) is 0. The van der Waals surface area contributed by atoms with E-state index >= 15 is 0 Å². The molecule has 1 fully saturated rings. The summed E-state index contributed by atoms with van der Waals surface area (Å²) < 4.78 is 0. The van der Waals surface area contributed by atoms with Gasteiger partial charge in [-0.3, -0.25) is 0 Å². The van der Waals surface area contributed by atoms with Crippen LogP contribution in [0.5, 0.6) is 0 Å².